The zero-order chi connectivity index (χ0) is 34.7. The van der Waals surface area contributed by atoms with E-state index < -0.39 is 75.2 Å². The van der Waals surface area contributed by atoms with Crippen molar-refractivity contribution in [2.24, 2.45) is 0 Å². The first-order chi connectivity index (χ1) is 22.5. The average Bonchev–Trinajstić information content (AvgIpc) is 3.39. The highest BCUT2D eigenvalue weighted by atomic mass is 32.1. The Labute approximate surface area is 267 Å². The zero-order valence-electron chi connectivity index (χ0n) is 23.9. The fourth-order valence-corrected chi connectivity index (χ4v) is 6.04. The Balaban J connectivity index is 1.28. The standard InChI is InChI=1S/C34H16F11NOS/c1-15-2-5-20(22(35)8-15)16-4-7-28-29(12-16)48-32(46-28)17-3-6-21(23(36)9-17)18-10-24(37)31(25(38)11-18)34(44,45)47-19-13-26(39)30(27(40)14-19)33(41,42)43/h2-14H,1H3. The molecule has 0 amide bonds. The highest BCUT2D eigenvalue weighted by molar-refractivity contribution is 7.21. The number of aromatic nitrogens is 1. The third-order valence-electron chi connectivity index (χ3n) is 7.23. The van der Waals surface area contributed by atoms with Crippen molar-refractivity contribution in [1.82, 2.24) is 4.98 Å². The van der Waals surface area contributed by atoms with Crippen molar-refractivity contribution >= 4 is 21.6 Å². The molecule has 6 aromatic rings. The van der Waals surface area contributed by atoms with E-state index in [2.05, 4.69) is 9.72 Å². The van der Waals surface area contributed by atoms with Gasteiger partial charge >= 0.3 is 12.3 Å². The van der Waals surface area contributed by atoms with Gasteiger partial charge in [0.2, 0.25) is 0 Å². The first-order valence-corrected chi connectivity index (χ1v) is 14.4. The fourth-order valence-electron chi connectivity index (χ4n) is 5.04. The number of halogens is 11. The van der Waals surface area contributed by atoms with E-state index in [1.54, 1.807) is 37.3 Å². The van der Waals surface area contributed by atoms with Crippen LogP contribution in [-0.4, -0.2) is 4.98 Å². The number of benzene rings is 5. The minimum absolute atomic E-state index is 0.213. The van der Waals surface area contributed by atoms with Gasteiger partial charge in [-0.25, -0.2) is 31.3 Å². The van der Waals surface area contributed by atoms with Gasteiger partial charge in [0.05, 0.1) is 10.2 Å². The van der Waals surface area contributed by atoms with Crippen molar-refractivity contribution in [3.63, 3.8) is 0 Å². The molecule has 0 aliphatic rings. The second-order valence-electron chi connectivity index (χ2n) is 10.6. The molecule has 5 aromatic carbocycles. The number of hydrogen-bond donors (Lipinski definition) is 0. The lowest BCUT2D eigenvalue weighted by Crippen LogP contribution is -2.25. The monoisotopic (exact) mass is 695 g/mol. The highest BCUT2D eigenvalue weighted by Gasteiger charge is 2.43. The minimum Gasteiger partial charge on any atom is -0.429 e. The maximum atomic E-state index is 15.3. The summed E-state index contributed by atoms with van der Waals surface area (Å²) < 4.78 is 160. The van der Waals surface area contributed by atoms with Crippen molar-refractivity contribution < 1.29 is 53.0 Å². The number of ether oxygens (including phenoxy) is 1. The van der Waals surface area contributed by atoms with Crippen LogP contribution in [0.4, 0.5) is 48.3 Å². The molecule has 1 heterocycles. The van der Waals surface area contributed by atoms with Crippen LogP contribution in [0.1, 0.15) is 16.7 Å². The van der Waals surface area contributed by atoms with Gasteiger partial charge in [-0.3, -0.25) is 0 Å². The summed E-state index contributed by atoms with van der Waals surface area (Å²) in [4.78, 5) is 4.46. The summed E-state index contributed by atoms with van der Waals surface area (Å²) in [7, 11) is 0. The normalized spacial score (nSPS) is 12.2. The molecule has 6 rings (SSSR count). The number of nitrogens with zero attached hydrogens (tertiary/aromatic N) is 1. The summed E-state index contributed by atoms with van der Waals surface area (Å²) in [6, 6.07) is 13.7. The summed E-state index contributed by atoms with van der Waals surface area (Å²) in [6.45, 7) is 1.76. The molecule has 0 radical (unpaired) electrons. The van der Waals surface area contributed by atoms with Gasteiger partial charge < -0.3 is 4.74 Å². The molecule has 0 aliphatic heterocycles. The van der Waals surface area contributed by atoms with Crippen molar-refractivity contribution in [3.8, 4) is 38.6 Å². The van der Waals surface area contributed by atoms with Gasteiger partial charge in [0.15, 0.2) is 0 Å². The molecule has 0 bridgehead atoms. The fraction of sp³-hybridized carbons (Fsp3) is 0.0882. The van der Waals surface area contributed by atoms with E-state index in [9.17, 15) is 43.9 Å². The van der Waals surface area contributed by atoms with Crippen LogP contribution in [0.25, 0.3) is 43.0 Å². The number of rotatable bonds is 6. The summed E-state index contributed by atoms with van der Waals surface area (Å²) in [6.07, 6.45) is -10.5. The lowest BCUT2D eigenvalue weighted by molar-refractivity contribution is -0.189. The number of hydrogen-bond acceptors (Lipinski definition) is 3. The van der Waals surface area contributed by atoms with E-state index in [1.807, 2.05) is 0 Å². The van der Waals surface area contributed by atoms with Crippen molar-refractivity contribution in [3.05, 3.63) is 130 Å². The van der Waals surface area contributed by atoms with E-state index in [0.717, 1.165) is 17.7 Å². The van der Waals surface area contributed by atoms with Gasteiger partial charge in [-0.15, -0.1) is 11.3 Å². The maximum absolute atomic E-state index is 15.3. The molecule has 0 unspecified atom stereocenters. The van der Waals surface area contributed by atoms with Crippen molar-refractivity contribution in [1.29, 1.82) is 0 Å². The van der Waals surface area contributed by atoms with Crippen LogP contribution in [0.2, 0.25) is 0 Å². The molecule has 0 saturated carbocycles. The summed E-state index contributed by atoms with van der Waals surface area (Å²) in [5, 5.41) is 0.359. The zero-order valence-corrected chi connectivity index (χ0v) is 24.7. The molecule has 1 aromatic heterocycles. The Kier molecular flexibility index (Phi) is 8.18. The largest absolute Gasteiger partial charge is 0.432 e. The number of thiazole rings is 1. The van der Waals surface area contributed by atoms with E-state index in [0.29, 0.717) is 38.5 Å². The minimum atomic E-state index is -5.50. The van der Waals surface area contributed by atoms with Crippen LogP contribution in [0.5, 0.6) is 5.75 Å². The topological polar surface area (TPSA) is 22.1 Å². The van der Waals surface area contributed by atoms with Crippen LogP contribution in [0, 0.1) is 41.8 Å². The van der Waals surface area contributed by atoms with E-state index in [4.69, 9.17) is 0 Å². The summed E-state index contributed by atoms with van der Waals surface area (Å²) >= 11 is 1.17. The molecule has 0 atom stereocenters. The lowest BCUT2D eigenvalue weighted by atomic mass is 10.0. The predicted octanol–water partition coefficient (Wildman–Crippen LogP) is 11.6. The Morgan fingerprint density at radius 1 is 0.562 bits per heavy atom. The van der Waals surface area contributed by atoms with Crippen molar-refractivity contribution in [2.75, 3.05) is 0 Å². The number of alkyl halides is 5. The summed E-state index contributed by atoms with van der Waals surface area (Å²) in [5.74, 6) is -11.4. The average molecular weight is 696 g/mol. The van der Waals surface area contributed by atoms with Crippen LogP contribution in [-0.2, 0) is 12.3 Å². The van der Waals surface area contributed by atoms with Gasteiger partial charge in [0.1, 0.15) is 56.8 Å². The third-order valence-corrected chi connectivity index (χ3v) is 8.30. The van der Waals surface area contributed by atoms with E-state index in [1.165, 1.54) is 23.5 Å². The van der Waals surface area contributed by atoms with E-state index >= 15 is 4.39 Å². The third kappa shape index (κ3) is 6.19. The SMILES string of the molecule is Cc1ccc(-c2ccc3nc(-c4ccc(-c5cc(F)c(C(F)(F)Oc6cc(F)c(C(F)(F)F)c(F)c6)c(F)c5)c(F)c4)sc3c2)c(F)c1. The van der Waals surface area contributed by atoms with E-state index in [-0.39, 0.29) is 17.7 Å². The molecular formula is C34H16F11NOS. The first-order valence-electron chi connectivity index (χ1n) is 13.6. The van der Waals surface area contributed by atoms with Crippen LogP contribution < -0.4 is 4.74 Å². The molecular weight excluding hydrogens is 679 g/mol. The van der Waals surface area contributed by atoms with Gasteiger partial charge in [-0.05, 0) is 60.0 Å². The first kappa shape index (κ1) is 32.9. The van der Waals surface area contributed by atoms with Crippen LogP contribution in [0.15, 0.2) is 78.9 Å². The molecule has 2 nitrogen and oxygen atoms in total. The van der Waals surface area contributed by atoms with Crippen molar-refractivity contribution in [2.45, 2.75) is 19.2 Å². The molecule has 14 heteroatoms. The van der Waals surface area contributed by atoms with Gasteiger partial charge in [-0.2, -0.15) is 22.0 Å². The van der Waals surface area contributed by atoms with Crippen LogP contribution in [0.3, 0.4) is 0 Å². The van der Waals surface area contributed by atoms with Gasteiger partial charge in [-0.1, -0.05) is 30.3 Å². The summed E-state index contributed by atoms with van der Waals surface area (Å²) in [5.41, 5.74) is -2.77. The molecule has 48 heavy (non-hydrogen) atoms. The molecule has 0 N–H and O–H groups in total. The Morgan fingerprint density at radius 3 is 1.71 bits per heavy atom. The highest BCUT2D eigenvalue weighted by Crippen LogP contribution is 2.41. The molecule has 0 spiro atoms. The number of aryl methyl sites for hydroxylation is 1. The Morgan fingerprint density at radius 2 is 1.10 bits per heavy atom. The number of fused-ring (bicyclic) bond motifs is 1. The Hall–Kier alpha value is -4.98. The van der Waals surface area contributed by atoms with Gasteiger partial charge in [0.25, 0.3) is 0 Å². The van der Waals surface area contributed by atoms with Crippen LogP contribution >= 0.6 is 11.3 Å². The molecule has 0 aliphatic carbocycles. The second-order valence-corrected chi connectivity index (χ2v) is 11.6. The Bertz CT molecular complexity index is 2180. The molecule has 0 fully saturated rings. The molecule has 246 valence electrons. The predicted molar refractivity (Wildman–Crippen MR) is 156 cm³/mol. The molecule has 0 saturated heterocycles. The lowest BCUT2D eigenvalue weighted by Gasteiger charge is -2.21. The quantitative estimate of drug-likeness (QED) is 0.162. The second kappa shape index (κ2) is 11.9. The van der Waals surface area contributed by atoms with Gasteiger partial charge in [0, 0.05) is 28.8 Å². The maximum Gasteiger partial charge on any atom is 0.432 e. The smallest absolute Gasteiger partial charge is 0.429 e.